The van der Waals surface area contributed by atoms with E-state index in [1.54, 1.807) is 30.8 Å². The number of urea groups is 1. The number of anilines is 1. The van der Waals surface area contributed by atoms with Crippen molar-refractivity contribution < 1.29 is 19.5 Å². The predicted molar refractivity (Wildman–Crippen MR) is 87.6 cm³/mol. The number of carbonyl (C=O) groups excluding carboxylic acids is 2. The van der Waals surface area contributed by atoms with Gasteiger partial charge in [-0.05, 0) is 43.9 Å². The smallest absolute Gasteiger partial charge is 0.323 e. The van der Waals surface area contributed by atoms with Crippen molar-refractivity contribution in [3.8, 4) is 0 Å². The fourth-order valence-electron chi connectivity index (χ4n) is 2.49. The first kappa shape index (κ1) is 17.1. The van der Waals surface area contributed by atoms with E-state index in [9.17, 15) is 14.4 Å². The summed E-state index contributed by atoms with van der Waals surface area (Å²) in [5.74, 6) is -1.43. The lowest BCUT2D eigenvalue weighted by Gasteiger charge is -2.18. The first-order valence-electron chi connectivity index (χ1n) is 7.14. The van der Waals surface area contributed by atoms with Gasteiger partial charge < -0.3 is 20.6 Å². The van der Waals surface area contributed by atoms with Crippen LogP contribution < -0.4 is 10.6 Å². The average molecular weight is 337 g/mol. The zero-order valence-corrected chi connectivity index (χ0v) is 13.7. The highest BCUT2D eigenvalue weighted by molar-refractivity contribution is 7.98. The first-order chi connectivity index (χ1) is 10.9. The molecule has 1 fully saturated rings. The van der Waals surface area contributed by atoms with Gasteiger partial charge in [0.05, 0.1) is 0 Å². The van der Waals surface area contributed by atoms with E-state index in [-0.39, 0.29) is 18.5 Å². The molecule has 1 unspecified atom stereocenters. The number of carboxylic acid groups (broad SMARTS) is 1. The molecule has 1 saturated heterocycles. The Kier molecular flexibility index (Phi) is 5.49. The first-order valence-corrected chi connectivity index (χ1v) is 8.37. The zero-order chi connectivity index (χ0) is 17.0. The van der Waals surface area contributed by atoms with E-state index in [2.05, 4.69) is 10.6 Å². The van der Waals surface area contributed by atoms with Gasteiger partial charge in [0, 0.05) is 16.6 Å². The van der Waals surface area contributed by atoms with Gasteiger partial charge in [-0.1, -0.05) is 0 Å². The Morgan fingerprint density at radius 2 is 2.00 bits per heavy atom. The molecule has 8 heteroatoms. The number of amides is 3. The molecule has 0 spiro atoms. The molecular formula is C15H19N3O4S. The summed E-state index contributed by atoms with van der Waals surface area (Å²) in [7, 11) is 0. The number of thioether (sulfide) groups is 1. The van der Waals surface area contributed by atoms with Crippen molar-refractivity contribution >= 4 is 35.4 Å². The van der Waals surface area contributed by atoms with Gasteiger partial charge in [0.25, 0.3) is 0 Å². The van der Waals surface area contributed by atoms with Crippen LogP contribution in [0.25, 0.3) is 0 Å². The van der Waals surface area contributed by atoms with Crippen molar-refractivity contribution in [2.45, 2.75) is 30.3 Å². The second-order valence-corrected chi connectivity index (χ2v) is 6.20. The molecule has 0 saturated carbocycles. The van der Waals surface area contributed by atoms with Crippen molar-refractivity contribution in [1.29, 1.82) is 0 Å². The molecule has 23 heavy (non-hydrogen) atoms. The van der Waals surface area contributed by atoms with Crippen molar-refractivity contribution in [3.05, 3.63) is 24.3 Å². The highest BCUT2D eigenvalue weighted by atomic mass is 32.2. The Hall–Kier alpha value is -2.22. The minimum atomic E-state index is -1.07. The molecule has 1 aromatic rings. The Morgan fingerprint density at radius 1 is 1.35 bits per heavy atom. The third-order valence-electron chi connectivity index (χ3n) is 3.65. The molecule has 2 rings (SSSR count). The van der Waals surface area contributed by atoms with Gasteiger partial charge in [0.1, 0.15) is 12.6 Å². The lowest BCUT2D eigenvalue weighted by molar-refractivity contribution is -0.144. The molecule has 0 bridgehead atoms. The maximum Gasteiger partial charge on any atom is 0.323 e. The van der Waals surface area contributed by atoms with E-state index in [0.717, 1.165) is 4.90 Å². The largest absolute Gasteiger partial charge is 0.480 e. The summed E-state index contributed by atoms with van der Waals surface area (Å²) in [6.07, 6.45) is 2.36. The number of hydrogen-bond acceptors (Lipinski definition) is 4. The van der Waals surface area contributed by atoms with E-state index in [1.165, 1.54) is 4.90 Å². The predicted octanol–water partition coefficient (Wildman–Crippen LogP) is 1.60. The highest BCUT2D eigenvalue weighted by Crippen LogP contribution is 2.20. The standard InChI is InChI=1S/C15H19N3O4S/c1-9-7-12(14(21)18(9)8-13(19)20)17-15(22)16-10-3-5-11(23-2)6-4-10/h3-6,9,12H,7-8H2,1-2H3,(H,19,20)(H2,16,17,22)/t9?,12-/m0/s1. The fourth-order valence-corrected chi connectivity index (χ4v) is 2.89. The van der Waals surface area contributed by atoms with Gasteiger partial charge in [-0.15, -0.1) is 11.8 Å². The number of benzene rings is 1. The van der Waals surface area contributed by atoms with Crippen LogP contribution in [0.1, 0.15) is 13.3 Å². The molecule has 1 aliphatic rings. The van der Waals surface area contributed by atoms with E-state index < -0.39 is 18.0 Å². The van der Waals surface area contributed by atoms with Crippen LogP contribution in [-0.4, -0.2) is 52.8 Å². The van der Waals surface area contributed by atoms with Gasteiger partial charge >= 0.3 is 12.0 Å². The van der Waals surface area contributed by atoms with E-state index >= 15 is 0 Å². The Morgan fingerprint density at radius 3 is 2.57 bits per heavy atom. The fraction of sp³-hybridized carbons (Fsp3) is 0.400. The summed E-state index contributed by atoms with van der Waals surface area (Å²) in [6.45, 7) is 1.41. The topological polar surface area (TPSA) is 98.7 Å². The SMILES string of the molecule is CSc1ccc(NC(=O)N[C@H]2CC(C)N(CC(=O)O)C2=O)cc1. The lowest BCUT2D eigenvalue weighted by atomic mass is 10.2. The number of hydrogen-bond donors (Lipinski definition) is 3. The third-order valence-corrected chi connectivity index (χ3v) is 4.39. The molecule has 2 atom stereocenters. The minimum absolute atomic E-state index is 0.218. The summed E-state index contributed by atoms with van der Waals surface area (Å²) < 4.78 is 0. The van der Waals surface area contributed by atoms with Crippen LogP contribution >= 0.6 is 11.8 Å². The Bertz CT molecular complexity index is 605. The number of likely N-dealkylation sites (tertiary alicyclic amines) is 1. The second-order valence-electron chi connectivity index (χ2n) is 5.32. The monoisotopic (exact) mass is 337 g/mol. The van der Waals surface area contributed by atoms with Crippen molar-refractivity contribution in [1.82, 2.24) is 10.2 Å². The summed E-state index contributed by atoms with van der Waals surface area (Å²) in [5.41, 5.74) is 0.626. The van der Waals surface area contributed by atoms with Crippen LogP contribution in [0, 0.1) is 0 Å². The number of carbonyl (C=O) groups is 3. The second kappa shape index (κ2) is 7.36. The van der Waals surface area contributed by atoms with Crippen molar-refractivity contribution in [2.24, 2.45) is 0 Å². The number of carboxylic acids is 1. The molecule has 0 aliphatic carbocycles. The number of rotatable bonds is 5. The Balaban J connectivity index is 1.92. The average Bonchev–Trinajstić information content (AvgIpc) is 2.75. The van der Waals surface area contributed by atoms with Crippen LogP contribution in [0.4, 0.5) is 10.5 Å². The lowest BCUT2D eigenvalue weighted by Crippen LogP contribution is -2.44. The third kappa shape index (κ3) is 4.38. The van der Waals surface area contributed by atoms with E-state index in [1.807, 2.05) is 18.4 Å². The number of aliphatic carboxylic acids is 1. The van der Waals surface area contributed by atoms with Gasteiger partial charge in [0.15, 0.2) is 0 Å². The molecule has 1 aliphatic heterocycles. The summed E-state index contributed by atoms with van der Waals surface area (Å²) >= 11 is 1.60. The molecule has 3 N–H and O–H groups in total. The van der Waals surface area contributed by atoms with Gasteiger partial charge in [-0.2, -0.15) is 0 Å². The van der Waals surface area contributed by atoms with Crippen LogP contribution in [0.15, 0.2) is 29.2 Å². The van der Waals surface area contributed by atoms with Gasteiger partial charge in [-0.3, -0.25) is 9.59 Å². The van der Waals surface area contributed by atoms with Gasteiger partial charge in [0.2, 0.25) is 5.91 Å². The summed E-state index contributed by atoms with van der Waals surface area (Å²) in [5, 5.41) is 14.1. The summed E-state index contributed by atoms with van der Waals surface area (Å²) in [6, 6.07) is 5.93. The van der Waals surface area contributed by atoms with Crippen LogP contribution in [0.5, 0.6) is 0 Å². The molecule has 1 aromatic carbocycles. The van der Waals surface area contributed by atoms with Crippen LogP contribution in [-0.2, 0) is 9.59 Å². The molecule has 1 heterocycles. The molecular weight excluding hydrogens is 318 g/mol. The molecule has 0 aromatic heterocycles. The molecule has 3 amide bonds. The highest BCUT2D eigenvalue weighted by Gasteiger charge is 2.38. The van der Waals surface area contributed by atoms with Crippen LogP contribution in [0.3, 0.4) is 0 Å². The van der Waals surface area contributed by atoms with E-state index in [4.69, 9.17) is 5.11 Å². The normalized spacial score (nSPS) is 20.4. The maximum atomic E-state index is 12.1. The number of nitrogens with zero attached hydrogens (tertiary/aromatic N) is 1. The maximum absolute atomic E-state index is 12.1. The van der Waals surface area contributed by atoms with Gasteiger partial charge in [-0.25, -0.2) is 4.79 Å². The van der Waals surface area contributed by atoms with Crippen molar-refractivity contribution in [3.63, 3.8) is 0 Å². The number of nitrogens with one attached hydrogen (secondary N) is 2. The molecule has 0 radical (unpaired) electrons. The van der Waals surface area contributed by atoms with Crippen molar-refractivity contribution in [2.75, 3.05) is 18.1 Å². The zero-order valence-electron chi connectivity index (χ0n) is 12.9. The minimum Gasteiger partial charge on any atom is -0.480 e. The van der Waals surface area contributed by atoms with E-state index in [0.29, 0.717) is 12.1 Å². The quantitative estimate of drug-likeness (QED) is 0.709. The van der Waals surface area contributed by atoms with Crippen LogP contribution in [0.2, 0.25) is 0 Å². The summed E-state index contributed by atoms with van der Waals surface area (Å²) in [4.78, 5) is 37.3. The molecule has 7 nitrogen and oxygen atoms in total. The Labute approximate surface area is 138 Å². The molecule has 124 valence electrons.